The molecule has 11 heteroatoms. The lowest BCUT2D eigenvalue weighted by atomic mass is 10.4. The second-order valence-electron chi connectivity index (χ2n) is 3.32. The van der Waals surface area contributed by atoms with Crippen LogP contribution in [0.4, 0.5) is 13.2 Å². The topological polar surface area (TPSA) is 83.5 Å². The monoisotopic (exact) mass is 381 g/mol. The molecule has 5 nitrogen and oxygen atoms in total. The molecule has 0 spiro atoms. The molecule has 1 heterocycles. The summed E-state index contributed by atoms with van der Waals surface area (Å²) in [5.41, 5.74) is 0. The van der Waals surface area contributed by atoms with Crippen molar-refractivity contribution >= 4 is 43.3 Å². The number of carbonyl (C=O) groups is 1. The molecule has 0 unspecified atom stereocenters. The van der Waals surface area contributed by atoms with E-state index < -0.39 is 40.0 Å². The van der Waals surface area contributed by atoms with Crippen molar-refractivity contribution in [1.82, 2.24) is 4.72 Å². The van der Waals surface area contributed by atoms with E-state index in [4.69, 9.17) is 5.11 Å². The predicted octanol–water partition coefficient (Wildman–Crippen LogP) is 2.44. The number of aromatic carboxylic acids is 1. The van der Waals surface area contributed by atoms with Crippen molar-refractivity contribution in [3.05, 3.63) is 14.7 Å². The van der Waals surface area contributed by atoms with E-state index >= 15 is 0 Å². The molecule has 0 aliphatic rings. The molecule has 108 valence electrons. The lowest BCUT2D eigenvalue weighted by molar-refractivity contribution is -0.132. The minimum atomic E-state index is -4.47. The summed E-state index contributed by atoms with van der Waals surface area (Å²) in [6.45, 7) is -0.809. The Morgan fingerprint density at radius 1 is 1.47 bits per heavy atom. The first-order chi connectivity index (χ1) is 8.53. The van der Waals surface area contributed by atoms with Crippen LogP contribution in [0.5, 0.6) is 0 Å². The highest BCUT2D eigenvalue weighted by Gasteiger charge is 2.29. The third-order valence-electron chi connectivity index (χ3n) is 1.86. The van der Waals surface area contributed by atoms with Gasteiger partial charge in [0.25, 0.3) is 0 Å². The first kappa shape index (κ1) is 16.4. The molecule has 0 bridgehead atoms. The van der Waals surface area contributed by atoms with E-state index in [2.05, 4.69) is 15.9 Å². The summed E-state index contributed by atoms with van der Waals surface area (Å²) >= 11 is 3.53. The van der Waals surface area contributed by atoms with E-state index in [1.54, 1.807) is 4.72 Å². The van der Waals surface area contributed by atoms with Crippen LogP contribution in [-0.4, -0.2) is 32.2 Å². The first-order valence-corrected chi connectivity index (χ1v) is 7.71. The van der Waals surface area contributed by atoms with E-state index in [9.17, 15) is 26.4 Å². The van der Waals surface area contributed by atoms with Gasteiger partial charge in [-0.2, -0.15) is 13.2 Å². The molecule has 0 aliphatic carbocycles. The summed E-state index contributed by atoms with van der Waals surface area (Å²) < 4.78 is 60.8. The van der Waals surface area contributed by atoms with Crippen molar-refractivity contribution in [2.24, 2.45) is 0 Å². The van der Waals surface area contributed by atoms with E-state index in [1.807, 2.05) is 0 Å². The molecule has 1 rings (SSSR count). The summed E-state index contributed by atoms with van der Waals surface area (Å²) in [7, 11) is -4.18. The summed E-state index contributed by atoms with van der Waals surface area (Å²) in [6, 6.07) is 0.882. The van der Waals surface area contributed by atoms with Gasteiger partial charge in [0.15, 0.2) is 0 Å². The summed E-state index contributed by atoms with van der Waals surface area (Å²) in [6.07, 6.45) is -5.78. The fourth-order valence-electron chi connectivity index (χ4n) is 1.05. The zero-order chi connectivity index (χ0) is 14.8. The molecular formula is C8H7BrF3NO4S2. The van der Waals surface area contributed by atoms with Crippen molar-refractivity contribution in [2.45, 2.75) is 17.5 Å². The molecule has 0 saturated heterocycles. The Balaban J connectivity index is 2.86. The Morgan fingerprint density at radius 2 is 2.05 bits per heavy atom. The Kier molecular flexibility index (Phi) is 4.98. The van der Waals surface area contributed by atoms with E-state index in [0.29, 0.717) is 11.3 Å². The van der Waals surface area contributed by atoms with Crippen LogP contribution < -0.4 is 4.72 Å². The number of thiophene rings is 1. The van der Waals surface area contributed by atoms with Crippen LogP contribution in [0.2, 0.25) is 0 Å². The number of rotatable bonds is 5. The van der Waals surface area contributed by atoms with Crippen LogP contribution in [0.1, 0.15) is 16.1 Å². The van der Waals surface area contributed by atoms with E-state index in [0.717, 1.165) is 6.07 Å². The molecule has 0 amide bonds. The van der Waals surface area contributed by atoms with Gasteiger partial charge < -0.3 is 5.11 Å². The molecule has 2 N–H and O–H groups in total. The second-order valence-corrected chi connectivity index (χ2v) is 7.42. The molecule has 0 saturated carbocycles. The summed E-state index contributed by atoms with van der Waals surface area (Å²) in [5.74, 6) is -1.32. The molecule has 0 fully saturated rings. The molecular weight excluding hydrogens is 375 g/mol. The molecule has 1 aromatic rings. The van der Waals surface area contributed by atoms with Gasteiger partial charge in [-0.25, -0.2) is 17.9 Å². The van der Waals surface area contributed by atoms with Crippen LogP contribution in [-0.2, 0) is 10.0 Å². The normalized spacial score (nSPS) is 12.6. The molecule has 19 heavy (non-hydrogen) atoms. The number of sulfonamides is 1. The fourth-order valence-corrected chi connectivity index (χ4v) is 4.48. The maximum atomic E-state index is 11.9. The van der Waals surface area contributed by atoms with Crippen LogP contribution >= 0.6 is 27.3 Å². The average molecular weight is 382 g/mol. The Labute approximate surface area is 118 Å². The highest BCUT2D eigenvalue weighted by Crippen LogP contribution is 2.31. The minimum Gasteiger partial charge on any atom is -0.477 e. The van der Waals surface area contributed by atoms with Gasteiger partial charge in [-0.05, 0) is 22.0 Å². The van der Waals surface area contributed by atoms with Crippen LogP contribution in [0, 0.1) is 0 Å². The minimum absolute atomic E-state index is 0.0180. The lowest BCUT2D eigenvalue weighted by Gasteiger charge is -2.07. The Morgan fingerprint density at radius 3 is 2.47 bits per heavy atom. The first-order valence-electron chi connectivity index (χ1n) is 4.62. The van der Waals surface area contributed by atoms with Gasteiger partial charge in [0.2, 0.25) is 10.0 Å². The maximum Gasteiger partial charge on any atom is 0.390 e. The SMILES string of the molecule is O=C(O)c1cc(S(=O)(=O)NCCC(F)(F)F)c(Br)s1. The van der Waals surface area contributed by atoms with Crippen LogP contribution in [0.15, 0.2) is 14.7 Å². The van der Waals surface area contributed by atoms with E-state index in [1.165, 1.54) is 0 Å². The quantitative estimate of drug-likeness (QED) is 0.820. The average Bonchev–Trinajstić information content (AvgIpc) is 2.58. The maximum absolute atomic E-state index is 11.9. The smallest absolute Gasteiger partial charge is 0.390 e. The number of hydrogen-bond donors (Lipinski definition) is 2. The standard InChI is InChI=1S/C8H7BrF3NO4S2/c9-6-5(3-4(18-6)7(14)15)19(16,17)13-2-1-8(10,11)12/h3,13H,1-2H2,(H,14,15). The summed E-state index contributed by atoms with van der Waals surface area (Å²) in [4.78, 5) is 10.0. The number of alkyl halides is 3. The Hall–Kier alpha value is -0.650. The zero-order valence-electron chi connectivity index (χ0n) is 8.99. The predicted molar refractivity (Wildman–Crippen MR) is 64.8 cm³/mol. The molecule has 0 aliphatic heterocycles. The fraction of sp³-hybridized carbons (Fsp3) is 0.375. The number of nitrogens with one attached hydrogen (secondary N) is 1. The molecule has 0 aromatic carbocycles. The second kappa shape index (κ2) is 5.77. The van der Waals surface area contributed by atoms with Gasteiger partial charge in [0, 0.05) is 6.54 Å². The largest absolute Gasteiger partial charge is 0.477 e. The molecule has 1 aromatic heterocycles. The van der Waals surface area contributed by atoms with Gasteiger partial charge in [-0.3, -0.25) is 0 Å². The van der Waals surface area contributed by atoms with Crippen molar-refractivity contribution < 1.29 is 31.5 Å². The van der Waals surface area contributed by atoms with Crippen molar-refractivity contribution in [3.8, 4) is 0 Å². The van der Waals surface area contributed by atoms with Crippen LogP contribution in [0.25, 0.3) is 0 Å². The van der Waals surface area contributed by atoms with Gasteiger partial charge in [0.1, 0.15) is 9.77 Å². The third kappa shape index (κ3) is 4.75. The summed E-state index contributed by atoms with van der Waals surface area (Å²) in [5, 5.41) is 8.70. The number of carboxylic acid groups (broad SMARTS) is 1. The van der Waals surface area contributed by atoms with Gasteiger partial charge in [-0.1, -0.05) is 0 Å². The van der Waals surface area contributed by atoms with Gasteiger partial charge in [-0.15, -0.1) is 11.3 Å². The lowest BCUT2D eigenvalue weighted by Crippen LogP contribution is -2.28. The number of hydrogen-bond acceptors (Lipinski definition) is 4. The Bertz CT molecular complexity index is 581. The van der Waals surface area contributed by atoms with Crippen molar-refractivity contribution in [3.63, 3.8) is 0 Å². The van der Waals surface area contributed by atoms with Crippen LogP contribution in [0.3, 0.4) is 0 Å². The third-order valence-corrected chi connectivity index (χ3v) is 5.56. The molecule has 0 atom stereocenters. The van der Waals surface area contributed by atoms with Gasteiger partial charge in [0.05, 0.1) is 10.2 Å². The number of halogens is 4. The van der Waals surface area contributed by atoms with E-state index in [-0.39, 0.29) is 8.66 Å². The highest BCUT2D eigenvalue weighted by molar-refractivity contribution is 9.11. The zero-order valence-corrected chi connectivity index (χ0v) is 12.2. The molecule has 0 radical (unpaired) electrons. The van der Waals surface area contributed by atoms with Crippen molar-refractivity contribution in [2.75, 3.05) is 6.54 Å². The van der Waals surface area contributed by atoms with Crippen molar-refractivity contribution in [1.29, 1.82) is 0 Å². The number of carboxylic acids is 1. The van der Waals surface area contributed by atoms with Gasteiger partial charge >= 0.3 is 12.1 Å². The highest BCUT2D eigenvalue weighted by atomic mass is 79.9.